The zero-order valence-electron chi connectivity index (χ0n) is 12.4. The molecule has 2 aliphatic rings. The Hall–Kier alpha value is -1.20. The summed E-state index contributed by atoms with van der Waals surface area (Å²) in [5, 5.41) is 4.72. The fourth-order valence-electron chi connectivity index (χ4n) is 2.74. The molecule has 3 rings (SSSR count). The Labute approximate surface area is 130 Å². The van der Waals surface area contributed by atoms with E-state index in [1.54, 1.807) is 7.11 Å². The normalized spacial score (nSPS) is 22.4. The van der Waals surface area contributed by atoms with Gasteiger partial charge in [-0.15, -0.1) is 0 Å². The third-order valence-corrected chi connectivity index (χ3v) is 5.30. The lowest BCUT2D eigenvalue weighted by Gasteiger charge is -2.32. The standard InChI is InChI=1S/C16H22N2O2S/c1-19-14-4-2-3-13(11-14)5-8-17-15-18-16(12-21-15)6-9-20-10-7-16/h2-4,11H,5-10,12H2,1H3,(H,17,18). The number of ether oxygens (including phenoxy) is 2. The highest BCUT2D eigenvalue weighted by Gasteiger charge is 2.38. The van der Waals surface area contributed by atoms with Gasteiger partial charge in [0.15, 0.2) is 5.17 Å². The summed E-state index contributed by atoms with van der Waals surface area (Å²) in [7, 11) is 1.70. The second kappa shape index (κ2) is 6.71. The Bertz CT molecular complexity index is 513. The molecule has 2 heterocycles. The smallest absolute Gasteiger partial charge is 0.157 e. The van der Waals surface area contributed by atoms with Crippen molar-refractivity contribution >= 4 is 16.9 Å². The lowest BCUT2D eigenvalue weighted by Crippen LogP contribution is -2.48. The predicted octanol–water partition coefficient (Wildman–Crippen LogP) is 2.48. The van der Waals surface area contributed by atoms with Crippen molar-refractivity contribution in [1.29, 1.82) is 0 Å². The molecular weight excluding hydrogens is 284 g/mol. The Kier molecular flexibility index (Phi) is 4.70. The first-order valence-corrected chi connectivity index (χ1v) is 8.44. The Morgan fingerprint density at radius 3 is 3.05 bits per heavy atom. The molecule has 0 aromatic heterocycles. The van der Waals surface area contributed by atoms with Crippen molar-refractivity contribution in [1.82, 2.24) is 5.32 Å². The van der Waals surface area contributed by atoms with E-state index in [0.29, 0.717) is 0 Å². The van der Waals surface area contributed by atoms with Gasteiger partial charge in [0.2, 0.25) is 0 Å². The molecular formula is C16H22N2O2S. The molecule has 4 nitrogen and oxygen atoms in total. The van der Waals surface area contributed by atoms with Crippen molar-refractivity contribution < 1.29 is 9.47 Å². The number of benzene rings is 1. The number of nitrogens with zero attached hydrogens (tertiary/aromatic N) is 1. The molecule has 2 fully saturated rings. The quantitative estimate of drug-likeness (QED) is 0.928. The third kappa shape index (κ3) is 3.71. The fraction of sp³-hybridized carbons (Fsp3) is 0.562. The van der Waals surface area contributed by atoms with Gasteiger partial charge in [0.05, 0.1) is 12.6 Å². The Morgan fingerprint density at radius 1 is 1.38 bits per heavy atom. The van der Waals surface area contributed by atoms with Gasteiger partial charge in [-0.3, -0.25) is 4.99 Å². The van der Waals surface area contributed by atoms with Crippen LogP contribution in [0.2, 0.25) is 0 Å². The van der Waals surface area contributed by atoms with E-state index in [2.05, 4.69) is 17.4 Å². The zero-order chi connectivity index (χ0) is 14.5. The van der Waals surface area contributed by atoms with Crippen LogP contribution in [0.25, 0.3) is 0 Å². The maximum absolute atomic E-state index is 5.45. The summed E-state index contributed by atoms with van der Waals surface area (Å²) in [5.74, 6) is 2.03. The van der Waals surface area contributed by atoms with Gasteiger partial charge < -0.3 is 14.8 Å². The second-order valence-electron chi connectivity index (χ2n) is 5.59. The number of hydrogen-bond acceptors (Lipinski definition) is 4. The lowest BCUT2D eigenvalue weighted by atomic mass is 9.93. The summed E-state index contributed by atoms with van der Waals surface area (Å²) in [6.07, 6.45) is 3.13. The van der Waals surface area contributed by atoms with Crippen LogP contribution >= 0.6 is 11.8 Å². The van der Waals surface area contributed by atoms with Crippen LogP contribution in [0.3, 0.4) is 0 Å². The molecule has 0 unspecified atom stereocenters. The zero-order valence-corrected chi connectivity index (χ0v) is 13.2. The van der Waals surface area contributed by atoms with Crippen molar-refractivity contribution in [3.05, 3.63) is 29.8 Å². The van der Waals surface area contributed by atoms with Crippen LogP contribution < -0.4 is 10.1 Å². The highest BCUT2D eigenvalue weighted by Crippen LogP contribution is 2.31. The molecule has 0 saturated carbocycles. The molecule has 0 amide bonds. The summed E-state index contributed by atoms with van der Waals surface area (Å²) in [4.78, 5) is 4.71. The van der Waals surface area contributed by atoms with Crippen LogP contribution in [0.5, 0.6) is 5.75 Å². The van der Waals surface area contributed by atoms with Gasteiger partial charge in [0, 0.05) is 25.5 Å². The van der Waals surface area contributed by atoms with Crippen molar-refractivity contribution in [2.45, 2.75) is 24.8 Å². The van der Waals surface area contributed by atoms with Crippen molar-refractivity contribution in [2.75, 3.05) is 32.6 Å². The topological polar surface area (TPSA) is 42.8 Å². The first kappa shape index (κ1) is 14.7. The maximum atomic E-state index is 5.45. The lowest BCUT2D eigenvalue weighted by molar-refractivity contribution is 0.0555. The van der Waals surface area contributed by atoms with E-state index in [9.17, 15) is 0 Å². The number of aliphatic imine (C=N–C) groups is 1. The molecule has 1 spiro atoms. The number of rotatable bonds is 4. The number of hydrogen-bond donors (Lipinski definition) is 1. The minimum absolute atomic E-state index is 0.234. The largest absolute Gasteiger partial charge is 0.497 e. The summed E-state index contributed by atoms with van der Waals surface area (Å²) in [6, 6.07) is 8.20. The number of methoxy groups -OCH3 is 1. The molecule has 1 aromatic rings. The highest BCUT2D eigenvalue weighted by molar-refractivity contribution is 8.14. The van der Waals surface area contributed by atoms with E-state index in [1.807, 2.05) is 23.9 Å². The van der Waals surface area contributed by atoms with Crippen LogP contribution in [0.4, 0.5) is 0 Å². The van der Waals surface area contributed by atoms with E-state index in [-0.39, 0.29) is 5.54 Å². The minimum Gasteiger partial charge on any atom is -0.497 e. The second-order valence-corrected chi connectivity index (χ2v) is 6.56. The third-order valence-electron chi connectivity index (χ3n) is 4.10. The molecule has 0 aliphatic carbocycles. The van der Waals surface area contributed by atoms with Gasteiger partial charge in [-0.2, -0.15) is 0 Å². The average molecular weight is 306 g/mol. The summed E-state index contributed by atoms with van der Waals surface area (Å²) >= 11 is 1.85. The number of amidine groups is 1. The number of thioether (sulfide) groups is 1. The van der Waals surface area contributed by atoms with E-state index >= 15 is 0 Å². The van der Waals surface area contributed by atoms with Gasteiger partial charge in [-0.1, -0.05) is 23.9 Å². The SMILES string of the molecule is COc1cccc(CCN=C2NC3(CCOCC3)CS2)c1. The molecule has 114 valence electrons. The molecule has 1 N–H and O–H groups in total. The van der Waals surface area contributed by atoms with Gasteiger partial charge in [-0.25, -0.2) is 0 Å². The Balaban J connectivity index is 1.52. The Morgan fingerprint density at radius 2 is 2.24 bits per heavy atom. The summed E-state index contributed by atoms with van der Waals surface area (Å²) < 4.78 is 10.7. The molecule has 2 aliphatic heterocycles. The molecule has 1 aromatic carbocycles. The van der Waals surface area contributed by atoms with E-state index in [4.69, 9.17) is 14.5 Å². The molecule has 2 saturated heterocycles. The van der Waals surface area contributed by atoms with Crippen molar-refractivity contribution in [3.8, 4) is 5.75 Å². The monoisotopic (exact) mass is 306 g/mol. The number of nitrogens with one attached hydrogen (secondary N) is 1. The molecule has 5 heteroatoms. The van der Waals surface area contributed by atoms with E-state index < -0.39 is 0 Å². The average Bonchev–Trinajstić information content (AvgIpc) is 2.91. The first-order valence-electron chi connectivity index (χ1n) is 7.46. The molecule has 0 atom stereocenters. The van der Waals surface area contributed by atoms with Crippen LogP contribution in [-0.2, 0) is 11.2 Å². The van der Waals surface area contributed by atoms with Gasteiger partial charge in [-0.05, 0) is 37.0 Å². The van der Waals surface area contributed by atoms with Crippen molar-refractivity contribution in [3.63, 3.8) is 0 Å². The predicted molar refractivity (Wildman–Crippen MR) is 87.4 cm³/mol. The highest BCUT2D eigenvalue weighted by atomic mass is 32.2. The van der Waals surface area contributed by atoms with Crippen LogP contribution in [0.15, 0.2) is 29.3 Å². The van der Waals surface area contributed by atoms with Crippen molar-refractivity contribution in [2.24, 2.45) is 4.99 Å². The minimum atomic E-state index is 0.234. The molecule has 0 radical (unpaired) electrons. The van der Waals surface area contributed by atoms with E-state index in [1.165, 1.54) is 5.56 Å². The molecule has 0 bridgehead atoms. The maximum Gasteiger partial charge on any atom is 0.157 e. The van der Waals surface area contributed by atoms with E-state index in [0.717, 1.165) is 55.7 Å². The van der Waals surface area contributed by atoms with Gasteiger partial charge >= 0.3 is 0 Å². The van der Waals surface area contributed by atoms with Gasteiger partial charge in [0.25, 0.3) is 0 Å². The van der Waals surface area contributed by atoms with Crippen LogP contribution in [0, 0.1) is 0 Å². The molecule has 21 heavy (non-hydrogen) atoms. The van der Waals surface area contributed by atoms with Gasteiger partial charge in [0.1, 0.15) is 5.75 Å². The first-order chi connectivity index (χ1) is 10.3. The van der Waals surface area contributed by atoms with Crippen LogP contribution in [-0.4, -0.2) is 43.3 Å². The fourth-order valence-corrected chi connectivity index (χ4v) is 3.98. The van der Waals surface area contributed by atoms with Crippen LogP contribution in [0.1, 0.15) is 18.4 Å². The summed E-state index contributed by atoms with van der Waals surface area (Å²) in [5.41, 5.74) is 1.50. The summed E-state index contributed by atoms with van der Waals surface area (Å²) in [6.45, 7) is 2.55.